The van der Waals surface area contributed by atoms with Crippen LogP contribution in [0, 0.1) is 0 Å². The summed E-state index contributed by atoms with van der Waals surface area (Å²) in [5.41, 5.74) is 0. The Kier molecular flexibility index (Phi) is 5.60. The molecule has 0 spiro atoms. The van der Waals surface area contributed by atoms with Gasteiger partial charge in [-0.3, -0.25) is 0 Å². The fraction of sp³-hybridized carbons (Fsp3) is 0.200. The van der Waals surface area contributed by atoms with Crippen molar-refractivity contribution in [1.29, 1.82) is 0 Å². The lowest BCUT2D eigenvalue weighted by atomic mass is 10.3. The highest BCUT2D eigenvalue weighted by atomic mass is 79.9. The van der Waals surface area contributed by atoms with Crippen molar-refractivity contribution >= 4 is 43.5 Å². The molecule has 0 aliphatic heterocycles. The Hall–Kier alpha value is 0.01000. The van der Waals surface area contributed by atoms with Crippen molar-refractivity contribution in [1.82, 2.24) is 0 Å². The molecule has 76 valence electrons. The zero-order chi connectivity index (χ0) is 10.4. The maximum atomic E-state index is 5.48. The Labute approximate surface area is 105 Å². The monoisotopic (exact) mass is 338 g/mol. The summed E-state index contributed by atoms with van der Waals surface area (Å²) in [6, 6.07) is 5.79. The number of rotatable bonds is 4. The Balaban J connectivity index is 2.55. The predicted octanol–water partition coefficient (Wildman–Crippen LogP) is 4.39. The second-order valence-electron chi connectivity index (χ2n) is 2.51. The van der Waals surface area contributed by atoms with Crippen LogP contribution in [-0.4, -0.2) is 12.5 Å². The number of ether oxygens (including phenoxy) is 1. The topological polar surface area (TPSA) is 9.23 Å². The molecule has 0 amide bonds. The van der Waals surface area contributed by atoms with E-state index < -0.39 is 0 Å². The van der Waals surface area contributed by atoms with Gasteiger partial charge in [-0.1, -0.05) is 28.1 Å². The standard InChI is InChI=1S/C10H9Br2ClO/c11-8-3-4-10(9(12)7-8)14-6-2-1-5-13/h1-4,7H,5-6H2. The van der Waals surface area contributed by atoms with Crippen molar-refractivity contribution in [3.63, 3.8) is 0 Å². The van der Waals surface area contributed by atoms with Gasteiger partial charge in [0.05, 0.1) is 4.47 Å². The summed E-state index contributed by atoms with van der Waals surface area (Å²) in [5, 5.41) is 0. The van der Waals surface area contributed by atoms with Crippen LogP contribution in [0.5, 0.6) is 5.75 Å². The molecule has 0 aromatic heterocycles. The Morgan fingerprint density at radius 1 is 1.29 bits per heavy atom. The molecule has 0 aliphatic carbocycles. The van der Waals surface area contributed by atoms with Gasteiger partial charge in [-0.05, 0) is 34.1 Å². The van der Waals surface area contributed by atoms with Crippen LogP contribution in [0.1, 0.15) is 0 Å². The van der Waals surface area contributed by atoms with Crippen LogP contribution in [0.15, 0.2) is 39.3 Å². The van der Waals surface area contributed by atoms with Gasteiger partial charge in [0.15, 0.2) is 0 Å². The molecule has 0 aliphatic rings. The highest BCUT2D eigenvalue weighted by molar-refractivity contribution is 9.11. The Morgan fingerprint density at radius 3 is 2.71 bits per heavy atom. The normalized spacial score (nSPS) is 10.8. The molecule has 1 aromatic rings. The molecule has 0 N–H and O–H groups in total. The molecule has 4 heteroatoms. The minimum atomic E-state index is 0.519. The van der Waals surface area contributed by atoms with Gasteiger partial charge in [-0.2, -0.15) is 0 Å². The molecule has 0 radical (unpaired) electrons. The fourth-order valence-electron chi connectivity index (χ4n) is 0.861. The Bertz CT molecular complexity index is 326. The molecule has 1 nitrogen and oxygen atoms in total. The van der Waals surface area contributed by atoms with Crippen LogP contribution in [0.2, 0.25) is 0 Å². The third-order valence-corrected chi connectivity index (χ3v) is 2.78. The zero-order valence-electron chi connectivity index (χ0n) is 7.34. The van der Waals surface area contributed by atoms with Gasteiger partial charge in [0.25, 0.3) is 0 Å². The van der Waals surface area contributed by atoms with Crippen LogP contribution in [0.3, 0.4) is 0 Å². The lowest BCUT2D eigenvalue weighted by molar-refractivity contribution is 0.360. The van der Waals surface area contributed by atoms with E-state index >= 15 is 0 Å². The minimum Gasteiger partial charge on any atom is -0.488 e. The van der Waals surface area contributed by atoms with Crippen LogP contribution >= 0.6 is 43.5 Å². The highest BCUT2D eigenvalue weighted by Gasteiger charge is 1.99. The summed E-state index contributed by atoms with van der Waals surface area (Å²) in [4.78, 5) is 0. The maximum Gasteiger partial charge on any atom is 0.134 e. The van der Waals surface area contributed by atoms with E-state index in [9.17, 15) is 0 Å². The predicted molar refractivity (Wildman–Crippen MR) is 67.2 cm³/mol. The Morgan fingerprint density at radius 2 is 2.07 bits per heavy atom. The first-order valence-corrected chi connectivity index (χ1v) is 6.15. The van der Waals surface area contributed by atoms with Gasteiger partial charge in [-0.25, -0.2) is 0 Å². The first kappa shape index (κ1) is 12.1. The molecule has 0 saturated carbocycles. The average molecular weight is 340 g/mol. The number of hydrogen-bond acceptors (Lipinski definition) is 1. The van der Waals surface area contributed by atoms with Crippen molar-refractivity contribution in [2.45, 2.75) is 0 Å². The van der Waals surface area contributed by atoms with E-state index in [0.717, 1.165) is 14.7 Å². The second-order valence-corrected chi connectivity index (χ2v) is 4.59. The van der Waals surface area contributed by atoms with E-state index in [4.69, 9.17) is 16.3 Å². The van der Waals surface area contributed by atoms with Gasteiger partial charge in [0, 0.05) is 10.4 Å². The van der Waals surface area contributed by atoms with Crippen LogP contribution in [0.4, 0.5) is 0 Å². The molecule has 14 heavy (non-hydrogen) atoms. The number of halogens is 3. The van der Waals surface area contributed by atoms with Crippen molar-refractivity contribution in [2.75, 3.05) is 12.5 Å². The fourth-order valence-corrected chi connectivity index (χ4v) is 2.15. The lowest BCUT2D eigenvalue weighted by Crippen LogP contribution is -1.94. The largest absolute Gasteiger partial charge is 0.488 e. The lowest BCUT2D eigenvalue weighted by Gasteiger charge is -2.05. The summed E-state index contributed by atoms with van der Waals surface area (Å²) in [6.07, 6.45) is 3.75. The van der Waals surface area contributed by atoms with E-state index in [1.54, 1.807) is 0 Å². The van der Waals surface area contributed by atoms with Gasteiger partial charge >= 0.3 is 0 Å². The number of allylic oxidation sites excluding steroid dienone is 1. The second kappa shape index (κ2) is 6.49. The number of benzene rings is 1. The van der Waals surface area contributed by atoms with Gasteiger partial charge < -0.3 is 4.74 Å². The maximum absolute atomic E-state index is 5.48. The number of alkyl halides is 1. The van der Waals surface area contributed by atoms with Crippen molar-refractivity contribution in [3.8, 4) is 5.75 Å². The summed E-state index contributed by atoms with van der Waals surface area (Å²) in [6.45, 7) is 0.535. The zero-order valence-corrected chi connectivity index (χ0v) is 11.3. The first-order valence-electron chi connectivity index (χ1n) is 4.03. The van der Waals surface area contributed by atoms with E-state index in [1.165, 1.54) is 0 Å². The van der Waals surface area contributed by atoms with Crippen LogP contribution in [0.25, 0.3) is 0 Å². The van der Waals surface area contributed by atoms with E-state index in [0.29, 0.717) is 12.5 Å². The molecule has 0 atom stereocenters. The molecular formula is C10H9Br2ClO. The smallest absolute Gasteiger partial charge is 0.134 e. The quantitative estimate of drug-likeness (QED) is 0.584. The highest BCUT2D eigenvalue weighted by Crippen LogP contribution is 2.28. The summed E-state index contributed by atoms with van der Waals surface area (Å²) in [5.74, 6) is 1.35. The third kappa shape index (κ3) is 4.03. The molecule has 0 heterocycles. The molecule has 0 fully saturated rings. The SMILES string of the molecule is ClCC=CCOc1ccc(Br)cc1Br. The number of hydrogen-bond donors (Lipinski definition) is 0. The molecule has 1 rings (SSSR count). The minimum absolute atomic E-state index is 0.519. The van der Waals surface area contributed by atoms with Gasteiger partial charge in [0.2, 0.25) is 0 Å². The van der Waals surface area contributed by atoms with E-state index in [2.05, 4.69) is 31.9 Å². The summed E-state index contributed by atoms with van der Waals surface area (Å²) < 4.78 is 7.44. The summed E-state index contributed by atoms with van der Waals surface area (Å²) >= 11 is 12.3. The van der Waals surface area contributed by atoms with Gasteiger partial charge in [0.1, 0.15) is 12.4 Å². The van der Waals surface area contributed by atoms with Crippen LogP contribution < -0.4 is 4.74 Å². The van der Waals surface area contributed by atoms with E-state index in [-0.39, 0.29) is 0 Å². The van der Waals surface area contributed by atoms with Crippen molar-refractivity contribution in [3.05, 3.63) is 39.3 Å². The molecule has 1 aromatic carbocycles. The van der Waals surface area contributed by atoms with Crippen molar-refractivity contribution < 1.29 is 4.74 Å². The van der Waals surface area contributed by atoms with E-state index in [1.807, 2.05) is 30.4 Å². The van der Waals surface area contributed by atoms with Crippen LogP contribution in [-0.2, 0) is 0 Å². The molecule has 0 saturated heterocycles. The van der Waals surface area contributed by atoms with Crippen molar-refractivity contribution in [2.24, 2.45) is 0 Å². The molecule has 0 unspecified atom stereocenters. The first-order chi connectivity index (χ1) is 6.74. The third-order valence-electron chi connectivity index (χ3n) is 1.48. The average Bonchev–Trinajstić information content (AvgIpc) is 2.15. The van der Waals surface area contributed by atoms with Gasteiger partial charge in [-0.15, -0.1) is 11.6 Å². The molecular weight excluding hydrogens is 331 g/mol. The molecule has 0 bridgehead atoms. The summed E-state index contributed by atoms with van der Waals surface area (Å²) in [7, 11) is 0.